The first-order chi connectivity index (χ1) is 19.8. The number of halogens is 1. The maximum absolute atomic E-state index is 15.4. The van der Waals surface area contributed by atoms with E-state index in [1.807, 2.05) is 13.8 Å². The molecule has 1 aliphatic rings. The number of hydrogen-bond donors (Lipinski definition) is 2. The van der Waals surface area contributed by atoms with E-state index in [1.54, 1.807) is 29.9 Å². The summed E-state index contributed by atoms with van der Waals surface area (Å²) in [6.07, 6.45) is 5.13. The molecular formula is C30H44FN7O3Si. The fourth-order valence-electron chi connectivity index (χ4n) is 5.46. The molecule has 0 aromatic carbocycles. The van der Waals surface area contributed by atoms with Crippen LogP contribution in [0.1, 0.15) is 54.5 Å². The number of ether oxygens (including phenoxy) is 1. The number of pyridine rings is 1. The molecule has 2 amide bonds. The van der Waals surface area contributed by atoms with Gasteiger partial charge in [0, 0.05) is 44.7 Å². The van der Waals surface area contributed by atoms with Crippen molar-refractivity contribution in [3.63, 3.8) is 0 Å². The van der Waals surface area contributed by atoms with Crippen molar-refractivity contribution in [2.75, 3.05) is 11.9 Å². The highest BCUT2D eigenvalue weighted by molar-refractivity contribution is 6.76. The van der Waals surface area contributed by atoms with Crippen LogP contribution in [0.5, 0.6) is 0 Å². The molecule has 3 heterocycles. The van der Waals surface area contributed by atoms with Gasteiger partial charge in [0.15, 0.2) is 0 Å². The summed E-state index contributed by atoms with van der Waals surface area (Å²) in [5.41, 5.74) is 2.77. The largest absolute Gasteiger partial charge is 0.360 e. The summed E-state index contributed by atoms with van der Waals surface area (Å²) in [7, 11) is 0.474. The van der Waals surface area contributed by atoms with Crippen LogP contribution in [0, 0.1) is 31.6 Å². The first-order valence-electron chi connectivity index (χ1n) is 14.7. The maximum atomic E-state index is 15.4. The van der Waals surface area contributed by atoms with E-state index in [0.717, 1.165) is 37.4 Å². The number of aromatic nitrogens is 5. The average molecular weight is 598 g/mol. The van der Waals surface area contributed by atoms with Crippen molar-refractivity contribution in [2.45, 2.75) is 84.9 Å². The highest BCUT2D eigenvalue weighted by atomic mass is 28.3. The van der Waals surface area contributed by atoms with Crippen LogP contribution in [0.3, 0.4) is 0 Å². The van der Waals surface area contributed by atoms with Gasteiger partial charge in [-0.25, -0.2) is 9.67 Å². The van der Waals surface area contributed by atoms with Gasteiger partial charge < -0.3 is 15.4 Å². The minimum absolute atomic E-state index is 0.0356. The molecule has 0 aliphatic heterocycles. The normalized spacial score (nSPS) is 18.1. The molecule has 2 N–H and O–H groups in total. The number of nitrogens with one attached hydrogen (secondary N) is 2. The molecule has 3 aromatic heterocycles. The topological polar surface area (TPSA) is 116 Å². The van der Waals surface area contributed by atoms with E-state index < -0.39 is 26.0 Å². The summed E-state index contributed by atoms with van der Waals surface area (Å²) < 4.78 is 24.5. The lowest BCUT2D eigenvalue weighted by Gasteiger charge is -2.32. The predicted octanol–water partition coefficient (Wildman–Crippen LogP) is 5.31. The summed E-state index contributed by atoms with van der Waals surface area (Å²) in [5.74, 6) is -0.876. The first kappa shape index (κ1) is 31.6. The lowest BCUT2D eigenvalue weighted by molar-refractivity contribution is -0.119. The third kappa shape index (κ3) is 7.71. The molecule has 42 heavy (non-hydrogen) atoms. The van der Waals surface area contributed by atoms with Gasteiger partial charge in [-0.2, -0.15) is 14.6 Å². The van der Waals surface area contributed by atoms with Crippen molar-refractivity contribution in [3.8, 4) is 11.1 Å². The summed E-state index contributed by atoms with van der Waals surface area (Å²) in [4.78, 5) is 30.6. The van der Waals surface area contributed by atoms with Crippen LogP contribution in [0.15, 0.2) is 24.4 Å². The van der Waals surface area contributed by atoms with Crippen molar-refractivity contribution in [2.24, 2.45) is 18.9 Å². The molecule has 0 saturated heterocycles. The van der Waals surface area contributed by atoms with Crippen molar-refractivity contribution in [1.29, 1.82) is 0 Å². The Labute approximate surface area is 248 Å². The first-order valence-corrected chi connectivity index (χ1v) is 18.4. The number of amides is 2. The molecule has 0 radical (unpaired) electrons. The Balaban J connectivity index is 1.49. The Bertz CT molecular complexity index is 1410. The zero-order valence-corrected chi connectivity index (χ0v) is 26.8. The molecule has 1 saturated carbocycles. The summed E-state index contributed by atoms with van der Waals surface area (Å²) >= 11 is 0. The maximum Gasteiger partial charge on any atom is 0.270 e. The zero-order valence-electron chi connectivity index (χ0n) is 25.8. The minimum atomic E-state index is -1.20. The second-order valence-electron chi connectivity index (χ2n) is 12.7. The molecule has 1 aliphatic carbocycles. The lowest BCUT2D eigenvalue weighted by atomic mass is 9.79. The van der Waals surface area contributed by atoms with E-state index in [0.29, 0.717) is 41.8 Å². The van der Waals surface area contributed by atoms with Gasteiger partial charge in [0.25, 0.3) is 5.91 Å². The molecular weight excluding hydrogens is 553 g/mol. The number of anilines is 1. The highest BCUT2D eigenvalue weighted by Crippen LogP contribution is 2.32. The number of carbonyl (C=O) groups excluding carboxylic acids is 2. The quantitative estimate of drug-likeness (QED) is 0.176. The van der Waals surface area contributed by atoms with E-state index in [9.17, 15) is 9.59 Å². The highest BCUT2D eigenvalue weighted by Gasteiger charge is 2.33. The molecule has 12 heteroatoms. The summed E-state index contributed by atoms with van der Waals surface area (Å²) in [5, 5.41) is 14.3. The molecule has 1 atom stereocenters. The van der Waals surface area contributed by atoms with Crippen molar-refractivity contribution in [3.05, 3.63) is 47.4 Å². The summed E-state index contributed by atoms with van der Waals surface area (Å²) in [6.45, 7) is 13.8. The third-order valence-corrected chi connectivity index (χ3v) is 9.82. The Morgan fingerprint density at radius 3 is 2.48 bits per heavy atom. The number of carbonyl (C=O) groups is 2. The number of rotatable bonds is 11. The SMILES string of the molecule is Cc1nn(COCC[Si](C)(C)C)c(C)c1-c1ccc(NC(=O)[C@@H](NC(=O)c2ccnn2C)C2CCC(C)CC2)nc1F. The van der Waals surface area contributed by atoms with E-state index in [1.165, 1.54) is 10.9 Å². The van der Waals surface area contributed by atoms with Gasteiger partial charge in [-0.3, -0.25) is 14.3 Å². The summed E-state index contributed by atoms with van der Waals surface area (Å²) in [6, 6.07) is 5.07. The molecule has 1 fully saturated rings. The van der Waals surface area contributed by atoms with E-state index in [4.69, 9.17) is 4.74 Å². The molecule has 0 bridgehead atoms. The second-order valence-corrected chi connectivity index (χ2v) is 18.3. The van der Waals surface area contributed by atoms with Crippen LogP contribution < -0.4 is 10.6 Å². The Kier molecular flexibility index (Phi) is 9.98. The number of aryl methyl sites for hydroxylation is 2. The van der Waals surface area contributed by atoms with Crippen molar-refractivity contribution < 1.29 is 18.7 Å². The second kappa shape index (κ2) is 13.3. The molecule has 10 nitrogen and oxygen atoms in total. The lowest BCUT2D eigenvalue weighted by Crippen LogP contribution is -2.49. The predicted molar refractivity (Wildman–Crippen MR) is 163 cm³/mol. The fraction of sp³-hybridized carbons (Fsp3) is 0.567. The monoisotopic (exact) mass is 597 g/mol. The van der Waals surface area contributed by atoms with Gasteiger partial charge in [-0.1, -0.05) is 39.4 Å². The van der Waals surface area contributed by atoms with Crippen LogP contribution in [-0.4, -0.2) is 57.1 Å². The van der Waals surface area contributed by atoms with Gasteiger partial charge in [-0.05, 0) is 62.8 Å². The van der Waals surface area contributed by atoms with Gasteiger partial charge in [-0.15, -0.1) is 0 Å². The smallest absolute Gasteiger partial charge is 0.270 e. The third-order valence-electron chi connectivity index (χ3n) is 8.12. The molecule has 3 aromatic rings. The van der Waals surface area contributed by atoms with Crippen LogP contribution in [0.4, 0.5) is 10.2 Å². The van der Waals surface area contributed by atoms with Crippen molar-refractivity contribution in [1.82, 2.24) is 29.9 Å². The molecule has 228 valence electrons. The standard InChI is InChI=1S/C30H44FN7O3Si/c1-19-8-10-22(11-9-19)27(35-29(39)24-14-15-32-37(24)4)30(40)34-25-13-12-23(28(31)33-25)26-20(2)36-38(21(26)3)18-41-16-17-42(5,6)7/h12-15,19,22,27H,8-11,16-18H2,1-7H3,(H,35,39)(H,33,34,40)/t19?,22?,27-/m0/s1. The van der Waals surface area contributed by atoms with E-state index in [2.05, 4.69) is 52.4 Å². The number of nitrogens with zero attached hydrogens (tertiary/aromatic N) is 5. The van der Waals surface area contributed by atoms with Gasteiger partial charge >= 0.3 is 0 Å². The van der Waals surface area contributed by atoms with Crippen LogP contribution in [-0.2, 0) is 23.3 Å². The van der Waals surface area contributed by atoms with Crippen LogP contribution >= 0.6 is 0 Å². The van der Waals surface area contributed by atoms with Gasteiger partial charge in [0.05, 0.1) is 5.69 Å². The molecule has 4 rings (SSSR count). The van der Waals surface area contributed by atoms with Gasteiger partial charge in [0.2, 0.25) is 11.9 Å². The van der Waals surface area contributed by atoms with E-state index >= 15 is 4.39 Å². The average Bonchev–Trinajstić information content (AvgIpc) is 3.47. The Morgan fingerprint density at radius 1 is 1.14 bits per heavy atom. The Morgan fingerprint density at radius 2 is 1.86 bits per heavy atom. The Hall–Kier alpha value is -3.38. The minimum Gasteiger partial charge on any atom is -0.360 e. The van der Waals surface area contributed by atoms with Crippen LogP contribution in [0.2, 0.25) is 25.7 Å². The fourth-order valence-corrected chi connectivity index (χ4v) is 6.22. The number of hydrogen-bond acceptors (Lipinski definition) is 6. The zero-order chi connectivity index (χ0) is 30.6. The van der Waals surface area contributed by atoms with E-state index in [-0.39, 0.29) is 17.6 Å². The molecule has 0 spiro atoms. The van der Waals surface area contributed by atoms with Crippen molar-refractivity contribution >= 4 is 25.7 Å². The van der Waals surface area contributed by atoms with Crippen LogP contribution in [0.25, 0.3) is 11.1 Å². The molecule has 0 unspecified atom stereocenters. The van der Waals surface area contributed by atoms with Gasteiger partial charge in [0.1, 0.15) is 24.3 Å².